The number of hydrogen-bond acceptors (Lipinski definition) is 14. The molecule has 4 atom stereocenters. The highest BCUT2D eigenvalue weighted by molar-refractivity contribution is 9.10. The normalized spacial score (nSPS) is 21.8. The molecule has 4 aromatic heterocycles. The lowest BCUT2D eigenvalue weighted by atomic mass is 10.2. The Kier molecular flexibility index (Phi) is 10.3. The van der Waals surface area contributed by atoms with Crippen molar-refractivity contribution in [2.45, 2.75) is 65.6 Å². The largest absolute Gasteiger partial charge is 0.455 e. The first kappa shape index (κ1) is 35.3. The Hall–Kier alpha value is -3.56. The number of hydrogen-bond donors (Lipinski definition) is 0. The molecule has 0 aromatic carbocycles. The van der Waals surface area contributed by atoms with Crippen LogP contribution in [0, 0.1) is 23.7 Å². The lowest BCUT2D eigenvalue weighted by Gasteiger charge is -2.18. The number of halogens is 1. The van der Waals surface area contributed by atoms with E-state index in [0.717, 1.165) is 53.0 Å². The summed E-state index contributed by atoms with van der Waals surface area (Å²) < 4.78 is 11.2. The van der Waals surface area contributed by atoms with E-state index < -0.39 is 17.2 Å². The van der Waals surface area contributed by atoms with Crippen molar-refractivity contribution in [3.05, 3.63) is 57.0 Å². The highest BCUT2D eigenvalue weighted by Gasteiger charge is 2.46. The fraction of sp³-hybridized carbons (Fsp3) is 0.529. The number of rotatable bonds is 5. The number of esters is 2. The van der Waals surface area contributed by atoms with Gasteiger partial charge in [0.2, 0.25) is 0 Å². The zero-order chi connectivity index (χ0) is 34.9. The summed E-state index contributed by atoms with van der Waals surface area (Å²) in [7, 11) is 0. The zero-order valence-electron chi connectivity index (χ0n) is 28.5. The zero-order valence-corrected chi connectivity index (χ0v) is 31.7. The summed E-state index contributed by atoms with van der Waals surface area (Å²) in [6.07, 6.45) is 9.94. The van der Waals surface area contributed by atoms with Gasteiger partial charge in [-0.15, -0.1) is 22.7 Å². The second-order valence-corrected chi connectivity index (χ2v) is 17.1. The summed E-state index contributed by atoms with van der Waals surface area (Å²) in [5, 5.41) is 4.06. The van der Waals surface area contributed by atoms with Crippen molar-refractivity contribution in [2.75, 3.05) is 36.0 Å². The Bertz CT molecular complexity index is 1720. The first-order chi connectivity index (χ1) is 23.2. The van der Waals surface area contributed by atoms with Crippen molar-refractivity contribution < 1.29 is 19.1 Å². The number of carbonyl (C=O) groups is 2. The van der Waals surface area contributed by atoms with Crippen LogP contribution in [0.25, 0.3) is 10.7 Å². The first-order valence-corrected chi connectivity index (χ1v) is 18.9. The minimum atomic E-state index is -0.529. The molecule has 0 spiro atoms. The fourth-order valence-electron chi connectivity index (χ4n) is 5.69. The first-order valence-electron chi connectivity index (χ1n) is 16.3. The Morgan fingerprint density at radius 1 is 0.714 bits per heavy atom. The third-order valence-corrected chi connectivity index (χ3v) is 10.1. The van der Waals surface area contributed by atoms with Gasteiger partial charge in [0, 0.05) is 36.9 Å². The van der Waals surface area contributed by atoms with Gasteiger partial charge in [-0.2, -0.15) is 0 Å². The van der Waals surface area contributed by atoms with Crippen molar-refractivity contribution in [3.8, 4) is 10.7 Å². The third kappa shape index (κ3) is 9.79. The Morgan fingerprint density at radius 3 is 1.69 bits per heavy atom. The molecule has 12 nitrogen and oxygen atoms in total. The second-order valence-electron chi connectivity index (χ2n) is 14.7. The fourth-order valence-corrected chi connectivity index (χ4v) is 7.17. The van der Waals surface area contributed by atoms with Crippen LogP contribution in [0.3, 0.4) is 0 Å². The van der Waals surface area contributed by atoms with Crippen LogP contribution in [0.5, 0.6) is 0 Å². The van der Waals surface area contributed by atoms with E-state index >= 15 is 0 Å². The van der Waals surface area contributed by atoms with Gasteiger partial charge >= 0.3 is 11.9 Å². The van der Waals surface area contributed by atoms with Crippen molar-refractivity contribution >= 4 is 62.2 Å². The van der Waals surface area contributed by atoms with Gasteiger partial charge in [0.1, 0.15) is 38.1 Å². The molecule has 2 saturated carbocycles. The number of thiazole rings is 2. The van der Waals surface area contributed by atoms with Gasteiger partial charge in [-0.05, 0) is 94.0 Å². The van der Waals surface area contributed by atoms with Crippen molar-refractivity contribution in [1.82, 2.24) is 29.9 Å². The summed E-state index contributed by atoms with van der Waals surface area (Å²) >= 11 is 6.04. The summed E-state index contributed by atoms with van der Waals surface area (Å²) in [4.78, 5) is 53.6. The van der Waals surface area contributed by atoms with E-state index in [-0.39, 0.29) is 5.97 Å². The summed E-state index contributed by atoms with van der Waals surface area (Å²) in [6.45, 7) is 15.6. The minimum absolute atomic E-state index is 0.315. The van der Waals surface area contributed by atoms with E-state index in [2.05, 4.69) is 55.6 Å². The molecule has 4 aliphatic rings. The summed E-state index contributed by atoms with van der Waals surface area (Å²) in [6, 6.07) is 0. The van der Waals surface area contributed by atoms with Gasteiger partial charge in [0.25, 0.3) is 0 Å². The molecule has 8 rings (SSSR count). The standard InChI is InChI=1S/C17H20N4O2S.C9H10BrN3.C8H11NO2S/c1-17(2,3)23-16(22)13-9-24-15(20-13)12-5-19-14(6-18-12)21-7-10-4-11(10)8-21;10-8-2-12-9(3-11-8)13-4-6-1-7(6)5-13;1-8(2,3)11-7(10)6-4-12-5-9-6/h5-6,9-11H,4,7-8H2,1-3H3;2-3,6-7H,1,4-5H2;4-5H,1-3H3. The number of fused-ring (bicyclic) bond motifs is 2. The maximum Gasteiger partial charge on any atom is 0.358 e. The quantitative estimate of drug-likeness (QED) is 0.198. The van der Waals surface area contributed by atoms with Crippen LogP contribution >= 0.6 is 38.6 Å². The van der Waals surface area contributed by atoms with E-state index in [9.17, 15) is 9.59 Å². The van der Waals surface area contributed by atoms with Gasteiger partial charge in [-0.3, -0.25) is 0 Å². The molecule has 0 bridgehead atoms. The molecular weight excluding hydrogens is 728 g/mol. The molecule has 2 saturated heterocycles. The lowest BCUT2D eigenvalue weighted by molar-refractivity contribution is 0.00514. The minimum Gasteiger partial charge on any atom is -0.455 e. The maximum absolute atomic E-state index is 12.0. The molecule has 260 valence electrons. The molecule has 0 N–H and O–H groups in total. The smallest absolute Gasteiger partial charge is 0.358 e. The van der Waals surface area contributed by atoms with E-state index in [4.69, 9.17) is 9.47 Å². The van der Waals surface area contributed by atoms with E-state index in [0.29, 0.717) is 22.1 Å². The number of carbonyl (C=O) groups excluding carboxylic acids is 2. The molecule has 49 heavy (non-hydrogen) atoms. The van der Waals surface area contributed by atoms with Crippen LogP contribution in [0.1, 0.15) is 75.4 Å². The SMILES string of the molecule is Brc1cnc(N2CC3CC3C2)cn1.CC(C)(C)OC(=O)c1csc(-c2cnc(N3CC4CC4C3)cn2)n1.CC(C)(C)OC(=O)c1cscn1. The lowest BCUT2D eigenvalue weighted by Crippen LogP contribution is -2.24. The van der Waals surface area contributed by atoms with Crippen LogP contribution in [-0.2, 0) is 9.47 Å². The average Bonchev–Trinajstić information content (AvgIpc) is 3.57. The molecule has 4 aromatic rings. The molecule has 0 radical (unpaired) electrons. The van der Waals surface area contributed by atoms with Crippen LogP contribution in [-0.4, -0.2) is 79.2 Å². The Balaban J connectivity index is 0.000000140. The molecule has 6 heterocycles. The summed E-state index contributed by atoms with van der Waals surface area (Å²) in [5.74, 6) is 4.81. The van der Waals surface area contributed by atoms with Crippen molar-refractivity contribution in [2.24, 2.45) is 23.7 Å². The van der Waals surface area contributed by atoms with Gasteiger partial charge in [-0.25, -0.2) is 39.5 Å². The van der Waals surface area contributed by atoms with Crippen LogP contribution in [0.15, 0.2) is 45.7 Å². The highest BCUT2D eigenvalue weighted by atomic mass is 79.9. The topological polar surface area (TPSA) is 136 Å². The number of piperidine rings is 2. The van der Waals surface area contributed by atoms with E-state index in [1.165, 1.54) is 48.6 Å². The molecule has 15 heteroatoms. The van der Waals surface area contributed by atoms with Crippen molar-refractivity contribution in [1.29, 1.82) is 0 Å². The average molecular weight is 770 g/mol. The number of anilines is 2. The molecule has 4 unspecified atom stereocenters. The molecule has 2 aliphatic carbocycles. The van der Waals surface area contributed by atoms with E-state index in [1.54, 1.807) is 34.9 Å². The highest BCUT2D eigenvalue weighted by Crippen LogP contribution is 2.46. The predicted octanol–water partition coefficient (Wildman–Crippen LogP) is 6.81. The monoisotopic (exact) mass is 768 g/mol. The van der Waals surface area contributed by atoms with Crippen LogP contribution < -0.4 is 9.80 Å². The number of ether oxygens (including phenoxy) is 2. The van der Waals surface area contributed by atoms with E-state index in [1.807, 2.05) is 47.7 Å². The van der Waals surface area contributed by atoms with Gasteiger partial charge in [-0.1, -0.05) is 0 Å². The maximum atomic E-state index is 12.0. The molecular formula is C34H41BrN8O4S2. The molecule has 0 amide bonds. The summed E-state index contributed by atoms with van der Waals surface area (Å²) in [5.41, 5.74) is 2.02. The Labute approximate surface area is 302 Å². The molecule has 4 fully saturated rings. The molecule has 2 aliphatic heterocycles. The number of aromatic nitrogens is 6. The number of nitrogens with zero attached hydrogens (tertiary/aromatic N) is 8. The van der Waals surface area contributed by atoms with Gasteiger partial charge < -0.3 is 19.3 Å². The predicted molar refractivity (Wildman–Crippen MR) is 193 cm³/mol. The van der Waals surface area contributed by atoms with Gasteiger partial charge in [0.15, 0.2) is 11.4 Å². The van der Waals surface area contributed by atoms with Gasteiger partial charge in [0.05, 0.1) is 30.3 Å². The second kappa shape index (κ2) is 14.4. The van der Waals surface area contributed by atoms with Crippen LogP contribution in [0.2, 0.25) is 0 Å². The van der Waals surface area contributed by atoms with Crippen LogP contribution in [0.4, 0.5) is 11.6 Å². The third-order valence-electron chi connectivity index (χ3n) is 8.22. The Morgan fingerprint density at radius 2 is 1.24 bits per heavy atom. The van der Waals surface area contributed by atoms with Crippen molar-refractivity contribution in [3.63, 3.8) is 0 Å².